The molecule has 3 rings (SSSR count). The highest BCUT2D eigenvalue weighted by molar-refractivity contribution is 7.92. The van der Waals surface area contributed by atoms with Crippen molar-refractivity contribution in [2.75, 3.05) is 10.8 Å². The summed E-state index contributed by atoms with van der Waals surface area (Å²) < 4.78 is 41.6. The van der Waals surface area contributed by atoms with Gasteiger partial charge in [-0.1, -0.05) is 0 Å². The van der Waals surface area contributed by atoms with Crippen LogP contribution in [0, 0.1) is 5.82 Å². The number of aromatic hydroxyl groups is 1. The molecular weight excluding hydrogens is 361 g/mol. The Morgan fingerprint density at radius 1 is 1.31 bits per heavy atom. The lowest BCUT2D eigenvalue weighted by atomic mass is 10.0. The minimum Gasteiger partial charge on any atom is -0.506 e. The van der Waals surface area contributed by atoms with Gasteiger partial charge in [-0.15, -0.1) is 0 Å². The zero-order valence-corrected chi connectivity index (χ0v) is 15.9. The number of nitrogens with one attached hydrogen (secondary N) is 2. The predicted octanol–water partition coefficient (Wildman–Crippen LogP) is 1.35. The number of hydrogen-bond donors (Lipinski definition) is 3. The van der Waals surface area contributed by atoms with E-state index in [-0.39, 0.29) is 11.6 Å². The molecule has 1 aliphatic carbocycles. The first-order valence-corrected chi connectivity index (χ1v) is 10.1. The molecule has 1 amide bonds. The number of phenolic OH excluding ortho intramolecular Hbond substituents is 1. The lowest BCUT2D eigenvalue weighted by Crippen LogP contribution is -2.43. The molecule has 144 valence electrons. The molecule has 9 heteroatoms. The maximum Gasteiger partial charge on any atom is 0.326 e. The van der Waals surface area contributed by atoms with Gasteiger partial charge in [-0.05, 0) is 63.6 Å². The van der Waals surface area contributed by atoms with E-state index >= 15 is 4.39 Å². The standard InChI is InChI=1S/C17H24FN3O4S/c1-17(2,3)19-11-5-4-10-8-13(22)16(15(18)12(10)7-6-11)21-9-14(23)20-26(21,24)25/h8,11,19,22H,4-7,9H2,1-3H3,(H,20,23). The van der Waals surface area contributed by atoms with Gasteiger partial charge in [0.1, 0.15) is 18.0 Å². The lowest BCUT2D eigenvalue weighted by Gasteiger charge is -2.27. The van der Waals surface area contributed by atoms with Gasteiger partial charge in [0.15, 0.2) is 5.82 Å². The molecule has 3 N–H and O–H groups in total. The van der Waals surface area contributed by atoms with Crippen molar-refractivity contribution < 1.29 is 22.7 Å². The fraction of sp³-hybridized carbons (Fsp3) is 0.588. The molecule has 1 unspecified atom stereocenters. The highest BCUT2D eigenvalue weighted by atomic mass is 32.2. The van der Waals surface area contributed by atoms with E-state index < -0.39 is 39.9 Å². The van der Waals surface area contributed by atoms with E-state index in [1.54, 1.807) is 4.72 Å². The van der Waals surface area contributed by atoms with Crippen molar-refractivity contribution in [2.45, 2.75) is 58.0 Å². The molecule has 2 aliphatic rings. The number of aryl methyl sites for hydroxylation is 1. The first kappa shape index (κ1) is 18.9. The number of phenols is 1. The highest BCUT2D eigenvalue weighted by Crippen LogP contribution is 2.39. The molecule has 1 aromatic rings. The molecule has 0 aromatic heterocycles. The summed E-state index contributed by atoms with van der Waals surface area (Å²) in [7, 11) is -4.18. The Morgan fingerprint density at radius 3 is 2.54 bits per heavy atom. The largest absolute Gasteiger partial charge is 0.506 e. The Labute approximate surface area is 152 Å². The molecule has 0 radical (unpaired) electrons. The monoisotopic (exact) mass is 385 g/mol. The molecule has 1 saturated heterocycles. The summed E-state index contributed by atoms with van der Waals surface area (Å²) in [4.78, 5) is 11.4. The third-order valence-corrected chi connectivity index (χ3v) is 6.00. The molecule has 0 saturated carbocycles. The van der Waals surface area contributed by atoms with Crippen molar-refractivity contribution >= 4 is 21.8 Å². The van der Waals surface area contributed by atoms with E-state index in [0.717, 1.165) is 6.42 Å². The van der Waals surface area contributed by atoms with Crippen molar-refractivity contribution in [1.29, 1.82) is 0 Å². The van der Waals surface area contributed by atoms with Gasteiger partial charge in [0.25, 0.3) is 5.91 Å². The Balaban J connectivity index is 1.96. The normalized spacial score (nSPS) is 22.7. The summed E-state index contributed by atoms with van der Waals surface area (Å²) >= 11 is 0. The fourth-order valence-electron chi connectivity index (χ4n) is 3.64. The van der Waals surface area contributed by atoms with Crippen LogP contribution < -0.4 is 14.3 Å². The maximum absolute atomic E-state index is 15.2. The summed E-state index contributed by atoms with van der Waals surface area (Å²) in [5, 5.41) is 13.8. The van der Waals surface area contributed by atoms with Gasteiger partial charge in [-0.2, -0.15) is 8.42 Å². The number of carbonyl (C=O) groups excluding carboxylic acids is 1. The van der Waals surface area contributed by atoms with E-state index in [1.807, 2.05) is 0 Å². The van der Waals surface area contributed by atoms with E-state index in [9.17, 15) is 18.3 Å². The summed E-state index contributed by atoms with van der Waals surface area (Å²) in [6.07, 6.45) is 2.51. The van der Waals surface area contributed by atoms with Crippen molar-refractivity contribution in [3.05, 3.63) is 23.0 Å². The van der Waals surface area contributed by atoms with Gasteiger partial charge in [0.05, 0.1) is 0 Å². The van der Waals surface area contributed by atoms with Gasteiger partial charge >= 0.3 is 10.2 Å². The molecule has 1 fully saturated rings. The zero-order valence-electron chi connectivity index (χ0n) is 15.1. The molecule has 26 heavy (non-hydrogen) atoms. The average Bonchev–Trinajstić information content (AvgIpc) is 2.64. The summed E-state index contributed by atoms with van der Waals surface area (Å²) in [5.41, 5.74) is 0.565. The molecular formula is C17H24FN3O4S. The van der Waals surface area contributed by atoms with Crippen LogP contribution in [0.25, 0.3) is 0 Å². The molecule has 1 aromatic carbocycles. The lowest BCUT2D eigenvalue weighted by molar-refractivity contribution is -0.117. The Hall–Kier alpha value is -1.87. The first-order valence-electron chi connectivity index (χ1n) is 8.62. The minimum atomic E-state index is -4.18. The van der Waals surface area contributed by atoms with Crippen molar-refractivity contribution in [3.63, 3.8) is 0 Å². The van der Waals surface area contributed by atoms with Crippen LogP contribution >= 0.6 is 0 Å². The molecule has 0 spiro atoms. The third-order valence-electron chi connectivity index (χ3n) is 4.63. The molecule has 1 aliphatic heterocycles. The van der Waals surface area contributed by atoms with Crippen LogP contribution in [-0.2, 0) is 27.8 Å². The van der Waals surface area contributed by atoms with E-state index in [0.29, 0.717) is 34.7 Å². The van der Waals surface area contributed by atoms with Crippen LogP contribution in [0.1, 0.15) is 44.7 Å². The number of nitrogens with zero attached hydrogens (tertiary/aromatic N) is 1. The Morgan fingerprint density at radius 2 is 1.96 bits per heavy atom. The van der Waals surface area contributed by atoms with Gasteiger partial charge in [-0.25, -0.2) is 13.4 Å². The maximum atomic E-state index is 15.2. The fourth-order valence-corrected chi connectivity index (χ4v) is 4.81. The second kappa shape index (κ2) is 6.38. The number of amides is 1. The van der Waals surface area contributed by atoms with E-state index in [1.165, 1.54) is 6.07 Å². The molecule has 0 bridgehead atoms. The van der Waals surface area contributed by atoms with Crippen LogP contribution in [-0.4, -0.2) is 37.6 Å². The van der Waals surface area contributed by atoms with Gasteiger partial charge in [0, 0.05) is 11.6 Å². The molecule has 1 heterocycles. The quantitative estimate of drug-likeness (QED) is 0.668. The van der Waals surface area contributed by atoms with Crippen LogP contribution in [0.5, 0.6) is 5.75 Å². The smallest absolute Gasteiger partial charge is 0.326 e. The van der Waals surface area contributed by atoms with E-state index in [4.69, 9.17) is 0 Å². The summed E-state index contributed by atoms with van der Waals surface area (Å²) in [6.45, 7) is 5.66. The number of halogens is 1. The number of anilines is 1. The Kier molecular flexibility index (Phi) is 4.64. The van der Waals surface area contributed by atoms with Gasteiger partial charge in [0.2, 0.25) is 0 Å². The molecule has 1 atom stereocenters. The number of carbonyl (C=O) groups is 1. The minimum absolute atomic E-state index is 0.0668. The summed E-state index contributed by atoms with van der Waals surface area (Å²) in [6, 6.07) is 1.62. The number of benzene rings is 1. The molecule has 7 nitrogen and oxygen atoms in total. The van der Waals surface area contributed by atoms with Crippen LogP contribution in [0.4, 0.5) is 10.1 Å². The topological polar surface area (TPSA) is 98.7 Å². The summed E-state index contributed by atoms with van der Waals surface area (Å²) in [5.74, 6) is -1.99. The Bertz CT molecular complexity index is 849. The highest BCUT2D eigenvalue weighted by Gasteiger charge is 2.38. The second-order valence-corrected chi connectivity index (χ2v) is 9.50. The third kappa shape index (κ3) is 3.64. The zero-order chi connectivity index (χ0) is 19.3. The second-order valence-electron chi connectivity index (χ2n) is 7.90. The van der Waals surface area contributed by atoms with Crippen molar-refractivity contribution in [1.82, 2.24) is 10.0 Å². The van der Waals surface area contributed by atoms with Crippen LogP contribution in [0.15, 0.2) is 6.07 Å². The van der Waals surface area contributed by atoms with Crippen LogP contribution in [0.2, 0.25) is 0 Å². The SMILES string of the molecule is CC(C)(C)NC1CCc2cc(O)c(N3CC(=O)NS3(=O)=O)c(F)c2CC1. The number of fused-ring (bicyclic) bond motifs is 1. The number of rotatable bonds is 2. The van der Waals surface area contributed by atoms with Crippen molar-refractivity contribution in [3.8, 4) is 5.75 Å². The number of hydrogen-bond acceptors (Lipinski definition) is 5. The van der Waals surface area contributed by atoms with Gasteiger partial charge in [-0.3, -0.25) is 4.79 Å². The first-order chi connectivity index (χ1) is 12.0. The van der Waals surface area contributed by atoms with Crippen molar-refractivity contribution in [2.24, 2.45) is 0 Å². The average molecular weight is 385 g/mol. The van der Waals surface area contributed by atoms with E-state index in [2.05, 4.69) is 26.1 Å². The van der Waals surface area contributed by atoms with Crippen LogP contribution in [0.3, 0.4) is 0 Å². The predicted molar refractivity (Wildman–Crippen MR) is 95.8 cm³/mol. The van der Waals surface area contributed by atoms with Gasteiger partial charge < -0.3 is 10.4 Å².